The van der Waals surface area contributed by atoms with Crippen LogP contribution in [0, 0.1) is 0 Å². The van der Waals surface area contributed by atoms with Gasteiger partial charge < -0.3 is 0 Å². The summed E-state index contributed by atoms with van der Waals surface area (Å²) >= 11 is 0. The lowest BCUT2D eigenvalue weighted by atomic mass is 9.96. The quantitative estimate of drug-likeness (QED) is 0.410. The second kappa shape index (κ2) is 9.38. The van der Waals surface area contributed by atoms with Crippen LogP contribution in [0.1, 0.15) is 64.2 Å². The summed E-state index contributed by atoms with van der Waals surface area (Å²) in [5.74, 6) is 2.57. The van der Waals surface area contributed by atoms with Crippen molar-refractivity contribution >= 4 is 0 Å². The van der Waals surface area contributed by atoms with E-state index in [1.54, 1.807) is 6.20 Å². The molecule has 3 heterocycles. The summed E-state index contributed by atoms with van der Waals surface area (Å²) in [5, 5.41) is 19.1. The molecule has 0 bridgehead atoms. The normalized spacial score (nSPS) is 11.8. The zero-order chi connectivity index (χ0) is 22.6. The van der Waals surface area contributed by atoms with Crippen LogP contribution in [-0.4, -0.2) is 40.4 Å². The highest BCUT2D eigenvalue weighted by molar-refractivity contribution is 5.76. The van der Waals surface area contributed by atoms with Crippen molar-refractivity contribution in [2.45, 2.75) is 65.3 Å². The minimum absolute atomic E-state index is 0.0699. The summed E-state index contributed by atoms with van der Waals surface area (Å²) in [7, 11) is 0. The Hall–Kier alpha value is -3.42. The lowest BCUT2D eigenvalue weighted by molar-refractivity contribution is 0.532. The molecule has 0 saturated heterocycles. The number of rotatable bonds is 8. The SMILES string of the molecule is CCCCCc1nc(C(C)(C)C)nn1Cc1ccc(-c2ncccc2-c2nnn[nH]2)cc1. The van der Waals surface area contributed by atoms with Gasteiger partial charge in [-0.05, 0) is 34.5 Å². The zero-order valence-corrected chi connectivity index (χ0v) is 19.2. The standard InChI is InChI=1S/C24H30N8/c1-5-6-7-10-20-26-23(24(2,3)4)29-32(20)16-17-11-13-18(14-12-17)21-19(9-8-15-25-21)22-27-30-31-28-22/h8-9,11-15H,5-7,10,16H2,1-4H3,(H,27,28,30,31). The third kappa shape index (κ3) is 4.90. The maximum Gasteiger partial charge on any atom is 0.181 e. The largest absolute Gasteiger partial charge is 0.255 e. The lowest BCUT2D eigenvalue weighted by Gasteiger charge is -2.12. The first-order chi connectivity index (χ1) is 15.5. The van der Waals surface area contributed by atoms with Gasteiger partial charge in [0.2, 0.25) is 0 Å². The average molecular weight is 431 g/mol. The second-order valence-corrected chi connectivity index (χ2v) is 9.06. The van der Waals surface area contributed by atoms with Gasteiger partial charge in [-0.15, -0.1) is 5.10 Å². The number of tetrazole rings is 1. The highest BCUT2D eigenvalue weighted by Gasteiger charge is 2.22. The number of hydrogen-bond donors (Lipinski definition) is 1. The Morgan fingerprint density at radius 2 is 1.84 bits per heavy atom. The number of aromatic amines is 1. The van der Waals surface area contributed by atoms with Crippen molar-refractivity contribution in [2.24, 2.45) is 0 Å². The van der Waals surface area contributed by atoms with E-state index in [1.807, 2.05) is 12.1 Å². The van der Waals surface area contributed by atoms with Gasteiger partial charge in [0, 0.05) is 29.2 Å². The minimum Gasteiger partial charge on any atom is -0.255 e. The first kappa shape index (κ1) is 21.8. The van der Waals surface area contributed by atoms with Crippen LogP contribution in [0.3, 0.4) is 0 Å². The molecule has 0 atom stereocenters. The van der Waals surface area contributed by atoms with Crippen molar-refractivity contribution in [3.05, 3.63) is 59.8 Å². The van der Waals surface area contributed by atoms with E-state index in [9.17, 15) is 0 Å². The van der Waals surface area contributed by atoms with Gasteiger partial charge in [-0.25, -0.2) is 14.8 Å². The molecule has 0 unspecified atom stereocenters. The van der Waals surface area contributed by atoms with Crippen molar-refractivity contribution in [1.82, 2.24) is 40.4 Å². The molecule has 1 aromatic carbocycles. The van der Waals surface area contributed by atoms with Gasteiger partial charge in [-0.1, -0.05) is 64.8 Å². The molecule has 4 rings (SSSR count). The smallest absolute Gasteiger partial charge is 0.181 e. The molecule has 0 spiro atoms. The molecule has 0 aliphatic heterocycles. The number of aromatic nitrogens is 8. The number of aryl methyl sites for hydroxylation is 1. The molecule has 8 nitrogen and oxygen atoms in total. The minimum atomic E-state index is -0.0699. The van der Waals surface area contributed by atoms with Crippen molar-refractivity contribution in [2.75, 3.05) is 0 Å². The van der Waals surface area contributed by atoms with Crippen LogP contribution in [-0.2, 0) is 18.4 Å². The van der Waals surface area contributed by atoms with E-state index >= 15 is 0 Å². The number of nitrogens with zero attached hydrogens (tertiary/aromatic N) is 7. The maximum atomic E-state index is 4.87. The monoisotopic (exact) mass is 430 g/mol. The van der Waals surface area contributed by atoms with Crippen molar-refractivity contribution in [3.63, 3.8) is 0 Å². The molecule has 8 heteroatoms. The fraction of sp³-hybridized carbons (Fsp3) is 0.417. The van der Waals surface area contributed by atoms with Crippen LogP contribution < -0.4 is 0 Å². The van der Waals surface area contributed by atoms with Gasteiger partial charge in [-0.2, -0.15) is 5.10 Å². The average Bonchev–Trinajstić information content (AvgIpc) is 3.45. The summed E-state index contributed by atoms with van der Waals surface area (Å²) in [6.07, 6.45) is 6.28. The Morgan fingerprint density at radius 3 is 2.53 bits per heavy atom. The molecule has 0 fully saturated rings. The molecule has 0 aliphatic rings. The topological polar surface area (TPSA) is 98.1 Å². The molecule has 166 valence electrons. The van der Waals surface area contributed by atoms with Gasteiger partial charge in [-0.3, -0.25) is 4.98 Å². The number of H-pyrrole nitrogens is 1. The molecule has 0 saturated carbocycles. The van der Waals surface area contributed by atoms with Crippen LogP contribution in [0.15, 0.2) is 42.6 Å². The first-order valence-corrected chi connectivity index (χ1v) is 11.2. The van der Waals surface area contributed by atoms with Crippen LogP contribution in [0.4, 0.5) is 0 Å². The number of unbranched alkanes of at least 4 members (excludes halogenated alkanes) is 2. The van der Waals surface area contributed by atoms with E-state index in [0.717, 1.165) is 41.3 Å². The molecule has 4 aromatic rings. The third-order valence-corrected chi connectivity index (χ3v) is 5.39. The second-order valence-electron chi connectivity index (χ2n) is 9.06. The molecular formula is C24H30N8. The Bertz CT molecular complexity index is 1140. The molecule has 0 aliphatic carbocycles. The number of pyridine rings is 1. The predicted molar refractivity (Wildman–Crippen MR) is 124 cm³/mol. The molecule has 1 N–H and O–H groups in total. The first-order valence-electron chi connectivity index (χ1n) is 11.2. The van der Waals surface area contributed by atoms with Crippen LogP contribution in [0.25, 0.3) is 22.6 Å². The van der Waals surface area contributed by atoms with Crippen molar-refractivity contribution in [1.29, 1.82) is 0 Å². The third-order valence-electron chi connectivity index (χ3n) is 5.39. The van der Waals surface area contributed by atoms with Crippen molar-refractivity contribution in [3.8, 4) is 22.6 Å². The Kier molecular flexibility index (Phi) is 6.39. The maximum absolute atomic E-state index is 4.87. The van der Waals surface area contributed by atoms with Gasteiger partial charge in [0.15, 0.2) is 11.6 Å². The number of nitrogens with one attached hydrogen (secondary N) is 1. The van der Waals surface area contributed by atoms with E-state index < -0.39 is 0 Å². The van der Waals surface area contributed by atoms with Crippen molar-refractivity contribution < 1.29 is 0 Å². The molecule has 0 amide bonds. The van der Waals surface area contributed by atoms with Gasteiger partial charge >= 0.3 is 0 Å². The van der Waals surface area contributed by atoms with E-state index in [0.29, 0.717) is 12.4 Å². The summed E-state index contributed by atoms with van der Waals surface area (Å²) in [5.41, 5.74) is 3.83. The zero-order valence-electron chi connectivity index (χ0n) is 19.2. The lowest BCUT2D eigenvalue weighted by Crippen LogP contribution is -2.14. The van der Waals surface area contributed by atoms with Gasteiger partial charge in [0.1, 0.15) is 5.82 Å². The predicted octanol–water partition coefficient (Wildman–Crippen LogP) is 4.60. The van der Waals surface area contributed by atoms with Gasteiger partial charge in [0.25, 0.3) is 0 Å². The van der Waals surface area contributed by atoms with E-state index in [-0.39, 0.29) is 5.41 Å². The molecular weight excluding hydrogens is 400 g/mol. The summed E-state index contributed by atoms with van der Waals surface area (Å²) in [4.78, 5) is 9.44. The summed E-state index contributed by atoms with van der Waals surface area (Å²) in [6, 6.07) is 12.3. The highest BCUT2D eigenvalue weighted by Crippen LogP contribution is 2.28. The van der Waals surface area contributed by atoms with Crippen LogP contribution >= 0.6 is 0 Å². The van der Waals surface area contributed by atoms with E-state index in [1.165, 1.54) is 18.4 Å². The number of benzene rings is 1. The Morgan fingerprint density at radius 1 is 1.03 bits per heavy atom. The fourth-order valence-electron chi connectivity index (χ4n) is 3.58. The number of hydrogen-bond acceptors (Lipinski definition) is 6. The van der Waals surface area contributed by atoms with Crippen LogP contribution in [0.5, 0.6) is 0 Å². The Labute approximate surface area is 188 Å². The summed E-state index contributed by atoms with van der Waals surface area (Å²) in [6.45, 7) is 9.40. The van der Waals surface area contributed by atoms with Crippen LogP contribution in [0.2, 0.25) is 0 Å². The fourth-order valence-corrected chi connectivity index (χ4v) is 3.58. The van der Waals surface area contributed by atoms with E-state index in [2.05, 4.69) is 82.3 Å². The van der Waals surface area contributed by atoms with Gasteiger partial charge in [0.05, 0.1) is 12.2 Å². The Balaban J connectivity index is 1.58. The molecule has 0 radical (unpaired) electrons. The highest BCUT2D eigenvalue weighted by atomic mass is 15.5. The molecule has 32 heavy (non-hydrogen) atoms. The molecule has 3 aromatic heterocycles. The summed E-state index contributed by atoms with van der Waals surface area (Å²) < 4.78 is 2.07. The van der Waals surface area contributed by atoms with E-state index in [4.69, 9.17) is 10.1 Å².